The smallest absolute Gasteiger partial charge is 0.239 e. The van der Waals surface area contributed by atoms with Crippen molar-refractivity contribution in [1.82, 2.24) is 10.6 Å². The number of hydrogen-bond donors (Lipinski definition) is 3. The van der Waals surface area contributed by atoms with Crippen LogP contribution in [0.2, 0.25) is 0 Å². The molecule has 0 aliphatic heterocycles. The van der Waals surface area contributed by atoms with Crippen molar-refractivity contribution in [2.75, 3.05) is 6.54 Å². The van der Waals surface area contributed by atoms with E-state index < -0.39 is 11.9 Å². The zero-order valence-electron chi connectivity index (χ0n) is 11.6. The molecule has 1 rings (SSSR count). The summed E-state index contributed by atoms with van der Waals surface area (Å²) in [6.07, 6.45) is 0. The van der Waals surface area contributed by atoms with E-state index in [1.165, 1.54) is 0 Å². The van der Waals surface area contributed by atoms with Crippen molar-refractivity contribution < 1.29 is 9.59 Å². The predicted octanol–water partition coefficient (Wildman–Crippen LogP) is 0.717. The van der Waals surface area contributed by atoms with Crippen molar-refractivity contribution in [2.45, 2.75) is 32.4 Å². The second-order valence-electron chi connectivity index (χ2n) is 5.43. The van der Waals surface area contributed by atoms with Crippen molar-refractivity contribution in [3.05, 3.63) is 35.9 Å². The van der Waals surface area contributed by atoms with Crippen molar-refractivity contribution in [3.63, 3.8) is 0 Å². The predicted molar refractivity (Wildman–Crippen MR) is 74.3 cm³/mol. The summed E-state index contributed by atoms with van der Waals surface area (Å²) in [6.45, 7) is 5.73. The van der Waals surface area contributed by atoms with Crippen molar-refractivity contribution in [2.24, 2.45) is 5.73 Å². The molecule has 2 amide bonds. The summed E-state index contributed by atoms with van der Waals surface area (Å²) in [5.74, 6) is -0.676. The van der Waals surface area contributed by atoms with Gasteiger partial charge in [-0.25, -0.2) is 0 Å². The molecule has 1 aromatic carbocycles. The minimum atomic E-state index is -0.660. The van der Waals surface area contributed by atoms with Gasteiger partial charge in [-0.3, -0.25) is 14.9 Å². The summed E-state index contributed by atoms with van der Waals surface area (Å²) in [7, 11) is 0. The Labute approximate surface area is 113 Å². The van der Waals surface area contributed by atoms with E-state index in [0.717, 1.165) is 5.56 Å². The first-order chi connectivity index (χ1) is 8.79. The third-order valence-corrected chi connectivity index (χ3v) is 2.40. The van der Waals surface area contributed by atoms with Gasteiger partial charge in [0.15, 0.2) is 0 Å². The molecule has 5 heteroatoms. The zero-order valence-corrected chi connectivity index (χ0v) is 11.6. The highest BCUT2D eigenvalue weighted by Crippen LogP contribution is 2.11. The van der Waals surface area contributed by atoms with Crippen LogP contribution < -0.4 is 16.4 Å². The molecule has 1 atom stereocenters. The van der Waals surface area contributed by atoms with Crippen LogP contribution in [-0.4, -0.2) is 23.9 Å². The Morgan fingerprint density at radius 1 is 1.21 bits per heavy atom. The van der Waals surface area contributed by atoms with Crippen LogP contribution in [0.3, 0.4) is 0 Å². The molecule has 104 valence electrons. The maximum absolute atomic E-state index is 11.7. The fraction of sp³-hybridized carbons (Fsp3) is 0.429. The first-order valence-electron chi connectivity index (χ1n) is 6.18. The van der Waals surface area contributed by atoms with Crippen LogP contribution in [-0.2, 0) is 9.59 Å². The van der Waals surface area contributed by atoms with E-state index in [4.69, 9.17) is 5.73 Å². The van der Waals surface area contributed by atoms with Crippen LogP contribution >= 0.6 is 0 Å². The number of nitrogens with one attached hydrogen (secondary N) is 2. The van der Waals surface area contributed by atoms with Gasteiger partial charge in [0.25, 0.3) is 0 Å². The number of benzene rings is 1. The van der Waals surface area contributed by atoms with Crippen LogP contribution in [0.1, 0.15) is 32.4 Å². The highest BCUT2D eigenvalue weighted by molar-refractivity contribution is 5.83. The number of rotatable bonds is 5. The molecular formula is C14H21N3O2. The standard InChI is InChI=1S/C14H21N3O2/c1-14(2,3)17-11(18)9-16-12(13(15)19)10-7-5-4-6-8-10/h4-8,12,16H,9H2,1-3H3,(H2,15,19)(H,17,18)/t12-/m0/s1. The lowest BCUT2D eigenvalue weighted by molar-refractivity contribution is -0.122. The van der Waals surface area contributed by atoms with Gasteiger partial charge in [0.1, 0.15) is 6.04 Å². The number of carbonyl (C=O) groups excluding carboxylic acids is 2. The number of nitrogens with two attached hydrogens (primary N) is 1. The second kappa shape index (κ2) is 6.33. The Morgan fingerprint density at radius 2 is 1.79 bits per heavy atom. The summed E-state index contributed by atoms with van der Waals surface area (Å²) in [4.78, 5) is 23.1. The van der Waals surface area contributed by atoms with Crippen LogP contribution in [0.25, 0.3) is 0 Å². The largest absolute Gasteiger partial charge is 0.368 e. The first-order valence-corrected chi connectivity index (χ1v) is 6.18. The average molecular weight is 263 g/mol. The molecule has 0 unspecified atom stereocenters. The van der Waals surface area contributed by atoms with Crippen LogP contribution in [0, 0.1) is 0 Å². The Balaban J connectivity index is 2.62. The lowest BCUT2D eigenvalue weighted by atomic mass is 10.1. The highest BCUT2D eigenvalue weighted by atomic mass is 16.2. The van der Waals surface area contributed by atoms with E-state index in [2.05, 4.69) is 10.6 Å². The fourth-order valence-corrected chi connectivity index (χ4v) is 1.69. The Bertz CT molecular complexity index is 438. The molecule has 1 aromatic rings. The maximum Gasteiger partial charge on any atom is 0.239 e. The van der Waals surface area contributed by atoms with E-state index in [1.54, 1.807) is 12.1 Å². The molecular weight excluding hydrogens is 242 g/mol. The summed E-state index contributed by atoms with van der Waals surface area (Å²) in [5, 5.41) is 5.68. The molecule has 0 aliphatic carbocycles. The third-order valence-electron chi connectivity index (χ3n) is 2.40. The van der Waals surface area contributed by atoms with Gasteiger partial charge in [-0.2, -0.15) is 0 Å². The third kappa shape index (κ3) is 5.52. The molecule has 0 aromatic heterocycles. The quantitative estimate of drug-likeness (QED) is 0.731. The molecule has 0 fully saturated rings. The van der Waals surface area contributed by atoms with E-state index >= 15 is 0 Å². The Morgan fingerprint density at radius 3 is 2.26 bits per heavy atom. The van der Waals surface area contributed by atoms with Gasteiger partial charge in [0.2, 0.25) is 11.8 Å². The van der Waals surface area contributed by atoms with Gasteiger partial charge >= 0.3 is 0 Å². The van der Waals surface area contributed by atoms with E-state index in [-0.39, 0.29) is 18.0 Å². The highest BCUT2D eigenvalue weighted by Gasteiger charge is 2.19. The minimum absolute atomic E-state index is 0.0414. The number of carbonyl (C=O) groups is 2. The Hall–Kier alpha value is -1.88. The SMILES string of the molecule is CC(C)(C)NC(=O)CN[C@H](C(N)=O)c1ccccc1. The van der Waals surface area contributed by atoms with E-state index in [9.17, 15) is 9.59 Å². The zero-order chi connectivity index (χ0) is 14.5. The number of primary amides is 1. The molecule has 19 heavy (non-hydrogen) atoms. The lowest BCUT2D eigenvalue weighted by Crippen LogP contribution is -2.46. The van der Waals surface area contributed by atoms with Gasteiger partial charge < -0.3 is 11.1 Å². The van der Waals surface area contributed by atoms with Crippen molar-refractivity contribution >= 4 is 11.8 Å². The van der Waals surface area contributed by atoms with Crippen molar-refractivity contribution in [3.8, 4) is 0 Å². The summed E-state index contributed by atoms with van der Waals surface area (Å²) >= 11 is 0. The first kappa shape index (κ1) is 15.2. The number of amides is 2. The number of hydrogen-bond acceptors (Lipinski definition) is 3. The van der Waals surface area contributed by atoms with Crippen LogP contribution in [0.4, 0.5) is 0 Å². The van der Waals surface area contributed by atoms with E-state index in [0.29, 0.717) is 0 Å². The van der Waals surface area contributed by atoms with Crippen molar-refractivity contribution in [1.29, 1.82) is 0 Å². The van der Waals surface area contributed by atoms with Gasteiger partial charge in [0, 0.05) is 5.54 Å². The normalized spacial score (nSPS) is 12.8. The minimum Gasteiger partial charge on any atom is -0.368 e. The lowest BCUT2D eigenvalue weighted by Gasteiger charge is -2.22. The molecule has 0 heterocycles. The van der Waals surface area contributed by atoms with Gasteiger partial charge in [-0.15, -0.1) is 0 Å². The summed E-state index contributed by atoms with van der Waals surface area (Å²) in [5.41, 5.74) is 5.80. The fourth-order valence-electron chi connectivity index (χ4n) is 1.69. The molecule has 0 aliphatic rings. The molecule has 5 nitrogen and oxygen atoms in total. The second-order valence-corrected chi connectivity index (χ2v) is 5.43. The summed E-state index contributed by atoms with van der Waals surface area (Å²) in [6, 6.07) is 8.43. The molecule has 0 saturated heterocycles. The molecule has 0 spiro atoms. The van der Waals surface area contributed by atoms with Crippen LogP contribution in [0.15, 0.2) is 30.3 Å². The van der Waals surface area contributed by atoms with Gasteiger partial charge in [0.05, 0.1) is 6.54 Å². The monoisotopic (exact) mass is 263 g/mol. The molecule has 0 saturated carbocycles. The molecule has 0 radical (unpaired) electrons. The maximum atomic E-state index is 11.7. The molecule has 0 bridgehead atoms. The van der Waals surface area contributed by atoms with Gasteiger partial charge in [-0.05, 0) is 26.3 Å². The summed E-state index contributed by atoms with van der Waals surface area (Å²) < 4.78 is 0. The van der Waals surface area contributed by atoms with E-state index in [1.807, 2.05) is 39.0 Å². The van der Waals surface area contributed by atoms with Crippen LogP contribution in [0.5, 0.6) is 0 Å². The Kier molecular flexibility index (Phi) is 5.06. The topological polar surface area (TPSA) is 84.2 Å². The molecule has 4 N–H and O–H groups in total. The van der Waals surface area contributed by atoms with Gasteiger partial charge in [-0.1, -0.05) is 30.3 Å². The average Bonchev–Trinajstić information content (AvgIpc) is 2.27.